The third-order valence-electron chi connectivity index (χ3n) is 5.32. The lowest BCUT2D eigenvalue weighted by atomic mass is 10.0. The van der Waals surface area contributed by atoms with E-state index in [1.54, 1.807) is 6.07 Å². The summed E-state index contributed by atoms with van der Waals surface area (Å²) in [6, 6.07) is 15.1. The molecule has 9 heteroatoms. The number of anilines is 1. The zero-order chi connectivity index (χ0) is 22.7. The molecule has 0 saturated carbocycles. The predicted molar refractivity (Wildman–Crippen MR) is 105 cm³/mol. The summed E-state index contributed by atoms with van der Waals surface area (Å²) in [5.41, 5.74) is -0.520. The maximum absolute atomic E-state index is 13.2. The van der Waals surface area contributed by atoms with Crippen LogP contribution in [0.2, 0.25) is 0 Å². The Labute approximate surface area is 177 Å². The molecular formula is C23H14F6N2O. The molecule has 0 saturated heterocycles. The van der Waals surface area contributed by atoms with Crippen LogP contribution in [0.3, 0.4) is 0 Å². The molecule has 0 aliphatic carbocycles. The van der Waals surface area contributed by atoms with Gasteiger partial charge in [-0.25, -0.2) is 0 Å². The summed E-state index contributed by atoms with van der Waals surface area (Å²) in [4.78, 5) is 0. The fourth-order valence-corrected chi connectivity index (χ4v) is 3.86. The Bertz CT molecular complexity index is 1270. The highest BCUT2D eigenvalue weighted by Crippen LogP contribution is 2.41. The van der Waals surface area contributed by atoms with Crippen molar-refractivity contribution in [2.45, 2.75) is 18.4 Å². The van der Waals surface area contributed by atoms with Gasteiger partial charge in [0, 0.05) is 11.8 Å². The van der Waals surface area contributed by atoms with E-state index in [2.05, 4.69) is 5.32 Å². The van der Waals surface area contributed by atoms with E-state index < -0.39 is 29.5 Å². The summed E-state index contributed by atoms with van der Waals surface area (Å²) in [6.07, 6.45) is -7.99. The Morgan fingerprint density at radius 3 is 2.16 bits per heavy atom. The molecular weight excluding hydrogens is 434 g/mol. The van der Waals surface area contributed by atoms with Crippen LogP contribution in [0.1, 0.15) is 28.6 Å². The van der Waals surface area contributed by atoms with Gasteiger partial charge in [0.25, 0.3) is 0 Å². The van der Waals surface area contributed by atoms with E-state index in [-0.39, 0.29) is 17.4 Å². The van der Waals surface area contributed by atoms with Crippen molar-refractivity contribution in [1.82, 2.24) is 4.57 Å². The number of hydrogen-bond acceptors (Lipinski definition) is 2. The van der Waals surface area contributed by atoms with Gasteiger partial charge in [0.2, 0.25) is 0 Å². The number of para-hydroxylation sites is 2. The second kappa shape index (κ2) is 6.94. The van der Waals surface area contributed by atoms with Gasteiger partial charge in [0.05, 0.1) is 28.2 Å². The summed E-state index contributed by atoms with van der Waals surface area (Å²) in [5, 5.41) is 3.32. The zero-order valence-corrected chi connectivity index (χ0v) is 16.1. The third-order valence-corrected chi connectivity index (χ3v) is 5.32. The van der Waals surface area contributed by atoms with Crippen LogP contribution in [-0.4, -0.2) is 4.57 Å². The van der Waals surface area contributed by atoms with Crippen molar-refractivity contribution >= 4 is 5.69 Å². The molecule has 0 unspecified atom stereocenters. The van der Waals surface area contributed by atoms with Gasteiger partial charge in [-0.15, -0.1) is 0 Å². The molecule has 0 bridgehead atoms. The van der Waals surface area contributed by atoms with Crippen LogP contribution in [0, 0.1) is 0 Å². The van der Waals surface area contributed by atoms with Gasteiger partial charge in [-0.1, -0.05) is 12.1 Å². The second-order valence-corrected chi connectivity index (χ2v) is 7.39. The topological polar surface area (TPSA) is 30.1 Å². The summed E-state index contributed by atoms with van der Waals surface area (Å²) >= 11 is 0. The number of benzene rings is 2. The SMILES string of the molecule is FC(F)(F)c1cc(-c2ccc([C@H]3Nc4ccccc4-n4cccc43)o2)cc(C(F)(F)F)c1. The second-order valence-electron chi connectivity index (χ2n) is 7.39. The van der Waals surface area contributed by atoms with Gasteiger partial charge in [-0.3, -0.25) is 0 Å². The Morgan fingerprint density at radius 1 is 0.781 bits per heavy atom. The molecule has 0 spiro atoms. The van der Waals surface area contributed by atoms with Crippen molar-refractivity contribution in [3.05, 3.63) is 95.5 Å². The standard InChI is InChI=1S/C23H14F6N2O/c24-22(25,26)14-10-13(11-15(12-14)23(27,28)29)19-7-8-20(32-19)21-18-6-3-9-31(18)17-5-2-1-4-16(17)30-21/h1-12,21,30H/t21-/m0/s1. The Morgan fingerprint density at radius 2 is 1.47 bits per heavy atom. The normalized spacial score (nSPS) is 15.8. The van der Waals surface area contributed by atoms with Gasteiger partial charge in [-0.2, -0.15) is 26.3 Å². The lowest BCUT2D eigenvalue weighted by Gasteiger charge is -2.28. The highest BCUT2D eigenvalue weighted by atomic mass is 19.4. The molecule has 1 atom stereocenters. The monoisotopic (exact) mass is 448 g/mol. The van der Waals surface area contributed by atoms with Gasteiger partial charge in [-0.05, 0) is 54.6 Å². The van der Waals surface area contributed by atoms with E-state index >= 15 is 0 Å². The largest absolute Gasteiger partial charge is 0.458 e. The molecule has 1 aliphatic heterocycles. The number of aromatic nitrogens is 1. The number of halogens is 6. The molecule has 32 heavy (non-hydrogen) atoms. The van der Waals surface area contributed by atoms with Crippen LogP contribution in [-0.2, 0) is 12.4 Å². The molecule has 1 aliphatic rings. The Balaban J connectivity index is 1.57. The number of nitrogens with one attached hydrogen (secondary N) is 1. The number of furan rings is 1. The van der Waals surface area contributed by atoms with E-state index in [1.807, 2.05) is 47.2 Å². The van der Waals surface area contributed by atoms with Crippen molar-refractivity contribution < 1.29 is 30.8 Å². The average molecular weight is 448 g/mol. The summed E-state index contributed by atoms with van der Waals surface area (Å²) in [6.45, 7) is 0. The first-order valence-corrected chi connectivity index (χ1v) is 9.54. The van der Waals surface area contributed by atoms with Crippen molar-refractivity contribution in [1.29, 1.82) is 0 Å². The van der Waals surface area contributed by atoms with E-state index in [9.17, 15) is 26.3 Å². The molecule has 2 aromatic heterocycles. The summed E-state index contributed by atoms with van der Waals surface area (Å²) < 4.78 is 87.0. The van der Waals surface area contributed by atoms with Gasteiger partial charge in [0.1, 0.15) is 17.6 Å². The minimum atomic E-state index is -4.93. The first-order chi connectivity index (χ1) is 15.1. The number of rotatable bonds is 2. The number of nitrogens with zero attached hydrogens (tertiary/aromatic N) is 1. The number of fused-ring (bicyclic) bond motifs is 3. The lowest BCUT2D eigenvalue weighted by Crippen LogP contribution is -2.21. The molecule has 0 fully saturated rings. The van der Waals surface area contributed by atoms with Crippen LogP contribution in [0.15, 0.2) is 77.3 Å². The van der Waals surface area contributed by atoms with Crippen LogP contribution < -0.4 is 5.32 Å². The maximum atomic E-state index is 13.2. The Hall–Kier alpha value is -3.62. The van der Waals surface area contributed by atoms with Crippen molar-refractivity contribution in [3.63, 3.8) is 0 Å². The molecule has 3 nitrogen and oxygen atoms in total. The fourth-order valence-electron chi connectivity index (χ4n) is 3.86. The van der Waals surface area contributed by atoms with Crippen molar-refractivity contribution in [2.75, 3.05) is 5.32 Å². The molecule has 164 valence electrons. The van der Waals surface area contributed by atoms with E-state index in [0.29, 0.717) is 17.9 Å². The summed E-state index contributed by atoms with van der Waals surface area (Å²) in [5.74, 6) is 0.274. The molecule has 2 aromatic carbocycles. The minimum absolute atomic E-state index is 0.0876. The number of alkyl halides is 6. The maximum Gasteiger partial charge on any atom is 0.416 e. The van der Waals surface area contributed by atoms with Crippen LogP contribution in [0.5, 0.6) is 0 Å². The zero-order valence-electron chi connectivity index (χ0n) is 16.1. The van der Waals surface area contributed by atoms with Crippen LogP contribution >= 0.6 is 0 Å². The molecule has 4 aromatic rings. The third kappa shape index (κ3) is 3.43. The Kier molecular flexibility index (Phi) is 4.40. The van der Waals surface area contributed by atoms with E-state index in [0.717, 1.165) is 17.1 Å². The van der Waals surface area contributed by atoms with Gasteiger partial charge < -0.3 is 14.3 Å². The highest BCUT2D eigenvalue weighted by molar-refractivity contribution is 5.67. The van der Waals surface area contributed by atoms with E-state index in [4.69, 9.17) is 4.42 Å². The smallest absolute Gasteiger partial charge is 0.416 e. The molecule has 5 rings (SSSR count). The molecule has 1 N–H and O–H groups in total. The number of hydrogen-bond donors (Lipinski definition) is 1. The lowest BCUT2D eigenvalue weighted by molar-refractivity contribution is -0.143. The minimum Gasteiger partial charge on any atom is -0.458 e. The van der Waals surface area contributed by atoms with E-state index in [1.165, 1.54) is 6.07 Å². The van der Waals surface area contributed by atoms with Gasteiger partial charge >= 0.3 is 12.4 Å². The van der Waals surface area contributed by atoms with Crippen LogP contribution in [0.25, 0.3) is 17.0 Å². The predicted octanol–water partition coefficient (Wildman–Crippen LogP) is 7.29. The fraction of sp³-hybridized carbons (Fsp3) is 0.130. The van der Waals surface area contributed by atoms with Crippen molar-refractivity contribution in [3.8, 4) is 17.0 Å². The first-order valence-electron chi connectivity index (χ1n) is 9.54. The average Bonchev–Trinajstić information content (AvgIpc) is 3.42. The summed E-state index contributed by atoms with van der Waals surface area (Å²) in [7, 11) is 0. The quantitative estimate of drug-likeness (QED) is 0.327. The van der Waals surface area contributed by atoms with Gasteiger partial charge in [0.15, 0.2) is 0 Å². The van der Waals surface area contributed by atoms with Crippen molar-refractivity contribution in [2.24, 2.45) is 0 Å². The molecule has 0 radical (unpaired) electrons. The first kappa shape index (κ1) is 20.3. The van der Waals surface area contributed by atoms with Crippen LogP contribution in [0.4, 0.5) is 32.0 Å². The molecule has 0 amide bonds. The highest BCUT2D eigenvalue weighted by Gasteiger charge is 2.37. The molecule has 3 heterocycles.